The van der Waals surface area contributed by atoms with Crippen molar-refractivity contribution in [2.45, 2.75) is 43.1 Å². The van der Waals surface area contributed by atoms with Crippen molar-refractivity contribution in [3.05, 3.63) is 11.1 Å². The Kier molecular flexibility index (Phi) is 8.07. The summed E-state index contributed by atoms with van der Waals surface area (Å²) in [7, 11) is 0. The van der Waals surface area contributed by atoms with Gasteiger partial charge in [0.15, 0.2) is 10.8 Å². The average molecular weight is 586 g/mol. The highest BCUT2D eigenvalue weighted by molar-refractivity contribution is 8.00. The molecule has 19 heteroatoms. The lowest BCUT2D eigenvalue weighted by Gasteiger charge is -2.53. The first-order valence-corrected chi connectivity index (χ1v) is 13.9. The topological polar surface area (TPSA) is 228 Å². The Morgan fingerprint density at radius 3 is 2.79 bits per heavy atom. The zero-order chi connectivity index (χ0) is 27.6. The van der Waals surface area contributed by atoms with Crippen molar-refractivity contribution >= 4 is 69.5 Å². The molecule has 4 rings (SSSR count). The number of carbonyl (C=O) groups is 4. The maximum absolute atomic E-state index is 13.0. The lowest BCUT2D eigenvalue weighted by molar-refractivity contribution is -0.157. The van der Waals surface area contributed by atoms with Crippen molar-refractivity contribution in [1.29, 1.82) is 0 Å². The van der Waals surface area contributed by atoms with Crippen molar-refractivity contribution in [3.63, 3.8) is 0 Å². The fourth-order valence-electron chi connectivity index (χ4n) is 3.60. The van der Waals surface area contributed by atoms with Crippen LogP contribution >= 0.6 is 34.9 Å². The van der Waals surface area contributed by atoms with Gasteiger partial charge in [0.25, 0.3) is 5.91 Å². The lowest BCUT2D eigenvalue weighted by Crippen LogP contribution is -2.74. The van der Waals surface area contributed by atoms with Gasteiger partial charge in [0.1, 0.15) is 35.2 Å². The van der Waals surface area contributed by atoms with Crippen LogP contribution in [0.1, 0.15) is 19.5 Å². The number of carbonyl (C=O) groups excluding carboxylic acids is 2. The SMILES string of the molecule is CC(C)ON=C(C(=O)NC1C(=O)N2CC(CSc3nnnn3CC(=O)O)(C(=O)O)CS[C@H]12)c1csc(N)n1. The van der Waals surface area contributed by atoms with Crippen LogP contribution < -0.4 is 11.1 Å². The molecule has 16 nitrogen and oxygen atoms in total. The number of rotatable bonds is 11. The van der Waals surface area contributed by atoms with Crippen LogP contribution in [0, 0.1) is 5.41 Å². The van der Waals surface area contributed by atoms with Gasteiger partial charge in [0.05, 0.1) is 0 Å². The molecule has 2 unspecified atom stereocenters. The number of nitrogens with one attached hydrogen (secondary N) is 1. The Morgan fingerprint density at radius 2 is 2.16 bits per heavy atom. The molecule has 0 aliphatic carbocycles. The van der Waals surface area contributed by atoms with Crippen LogP contribution in [0.15, 0.2) is 15.7 Å². The number of nitrogen functional groups attached to an aromatic ring is 1. The maximum atomic E-state index is 13.0. The van der Waals surface area contributed by atoms with Gasteiger partial charge in [-0.15, -0.1) is 28.2 Å². The molecule has 2 aromatic heterocycles. The number of β-lactam (4-membered cyclic amide) rings is 1. The van der Waals surface area contributed by atoms with Gasteiger partial charge in [0.2, 0.25) is 11.1 Å². The normalized spacial score (nSPS) is 23.1. The third-order valence-electron chi connectivity index (χ3n) is 5.48. The van der Waals surface area contributed by atoms with E-state index in [0.29, 0.717) is 0 Å². The van der Waals surface area contributed by atoms with Gasteiger partial charge in [0, 0.05) is 23.4 Å². The van der Waals surface area contributed by atoms with Crippen molar-refractivity contribution in [2.24, 2.45) is 10.6 Å². The number of oxime groups is 1. The third-order valence-corrected chi connectivity index (χ3v) is 8.99. The van der Waals surface area contributed by atoms with E-state index in [1.807, 2.05) is 0 Å². The Balaban J connectivity index is 1.43. The van der Waals surface area contributed by atoms with Crippen molar-refractivity contribution in [2.75, 3.05) is 23.8 Å². The predicted octanol–water partition coefficient (Wildman–Crippen LogP) is -0.811. The van der Waals surface area contributed by atoms with Crippen molar-refractivity contribution in [1.82, 2.24) is 35.4 Å². The van der Waals surface area contributed by atoms with E-state index in [-0.39, 0.29) is 45.8 Å². The summed E-state index contributed by atoms with van der Waals surface area (Å²) in [6, 6.07) is -0.893. The molecular formula is C19H23N9O7S3. The number of aromatic nitrogens is 5. The summed E-state index contributed by atoms with van der Waals surface area (Å²) < 4.78 is 1.06. The smallest absolute Gasteiger partial charge is 0.325 e. The molecule has 0 aromatic carbocycles. The highest BCUT2D eigenvalue weighted by Gasteiger charge is 2.57. The molecular weight excluding hydrogens is 562 g/mol. The van der Waals surface area contributed by atoms with Crippen LogP contribution in [-0.2, 0) is 30.6 Å². The molecule has 0 bridgehead atoms. The van der Waals surface area contributed by atoms with Gasteiger partial charge in [-0.1, -0.05) is 16.9 Å². The highest BCUT2D eigenvalue weighted by atomic mass is 32.2. The quantitative estimate of drug-likeness (QED) is 0.109. The first-order chi connectivity index (χ1) is 18.0. The van der Waals surface area contributed by atoms with Crippen molar-refractivity contribution in [3.8, 4) is 0 Å². The Hall–Kier alpha value is -3.45. The van der Waals surface area contributed by atoms with E-state index >= 15 is 0 Å². The van der Waals surface area contributed by atoms with Gasteiger partial charge < -0.3 is 31.0 Å². The van der Waals surface area contributed by atoms with E-state index in [9.17, 15) is 24.3 Å². The number of carboxylic acids is 2. The molecule has 4 heterocycles. The fraction of sp³-hybridized carbons (Fsp3) is 0.526. The number of thioether (sulfide) groups is 2. The second kappa shape index (κ2) is 11.1. The number of hydrogen-bond acceptors (Lipinski definition) is 14. The van der Waals surface area contributed by atoms with Crippen LogP contribution in [-0.4, -0.2) is 105 Å². The fourth-order valence-corrected chi connectivity index (χ4v) is 6.89. The average Bonchev–Trinajstić information content (AvgIpc) is 3.48. The summed E-state index contributed by atoms with van der Waals surface area (Å²) in [4.78, 5) is 60.0. The zero-order valence-electron chi connectivity index (χ0n) is 20.0. The van der Waals surface area contributed by atoms with Crippen LogP contribution in [0.3, 0.4) is 0 Å². The second-order valence-electron chi connectivity index (χ2n) is 8.67. The minimum Gasteiger partial charge on any atom is -0.481 e. The van der Waals surface area contributed by atoms with E-state index in [1.54, 1.807) is 19.2 Å². The van der Waals surface area contributed by atoms with E-state index in [4.69, 9.17) is 15.7 Å². The minimum atomic E-state index is -1.34. The highest BCUT2D eigenvalue weighted by Crippen LogP contribution is 2.44. The predicted molar refractivity (Wildman–Crippen MR) is 135 cm³/mol. The Bertz CT molecular complexity index is 1280. The second-order valence-corrected chi connectivity index (χ2v) is 11.6. The number of carboxylic acid groups (broad SMARTS) is 2. The third kappa shape index (κ3) is 5.68. The maximum Gasteiger partial charge on any atom is 0.325 e. The van der Waals surface area contributed by atoms with Gasteiger partial charge >= 0.3 is 11.9 Å². The first kappa shape index (κ1) is 27.6. The molecule has 2 aliphatic rings. The minimum absolute atomic E-state index is 0.00253. The van der Waals surface area contributed by atoms with Crippen LogP contribution in [0.25, 0.3) is 0 Å². The van der Waals surface area contributed by atoms with E-state index in [1.165, 1.54) is 16.7 Å². The van der Waals surface area contributed by atoms with Crippen molar-refractivity contribution < 1.29 is 34.2 Å². The van der Waals surface area contributed by atoms with Gasteiger partial charge in [-0.2, -0.15) is 0 Å². The van der Waals surface area contributed by atoms with E-state index < -0.39 is 47.1 Å². The number of hydrogen-bond donors (Lipinski definition) is 4. The summed E-state index contributed by atoms with van der Waals surface area (Å²) in [5.41, 5.74) is 4.42. The van der Waals surface area contributed by atoms with Gasteiger partial charge in [-0.05, 0) is 24.3 Å². The molecule has 2 aliphatic heterocycles. The molecule has 38 heavy (non-hydrogen) atoms. The van der Waals surface area contributed by atoms with Gasteiger partial charge in [-0.3, -0.25) is 19.2 Å². The number of anilines is 1. The largest absolute Gasteiger partial charge is 0.481 e. The van der Waals surface area contributed by atoms with Crippen LogP contribution in [0.4, 0.5) is 5.13 Å². The molecule has 0 saturated carbocycles. The number of thiazole rings is 1. The Labute approximate surface area is 227 Å². The molecule has 3 atom stereocenters. The number of amides is 2. The summed E-state index contributed by atoms with van der Waals surface area (Å²) in [6.07, 6.45) is -0.306. The number of nitrogens with two attached hydrogens (primary N) is 1. The Morgan fingerprint density at radius 1 is 1.39 bits per heavy atom. The molecule has 2 saturated heterocycles. The molecule has 204 valence electrons. The number of aliphatic carboxylic acids is 2. The molecule has 2 amide bonds. The van der Waals surface area contributed by atoms with Gasteiger partial charge in [-0.25, -0.2) is 9.67 Å². The van der Waals surface area contributed by atoms with Crippen LogP contribution in [0.5, 0.6) is 0 Å². The van der Waals surface area contributed by atoms with E-state index in [0.717, 1.165) is 27.8 Å². The molecule has 2 fully saturated rings. The standard InChI is InChI=1S/C19H23N9O7S3/c1-8(2)35-24-11(9-4-36-17(20)21-9)13(31)22-12-14(32)27-5-19(16(33)34,6-37-15(12)27)7-38-18-23-25-26-28(18)3-10(29)30/h4,8,12,15H,3,5-7H2,1-2H3,(H2,20,21)(H,22,31)(H,29,30)(H,33,34)/t12?,15-,19?/m1/s1. The number of nitrogens with zero attached hydrogens (tertiary/aromatic N) is 7. The lowest BCUT2D eigenvalue weighted by atomic mass is 9.89. The van der Waals surface area contributed by atoms with E-state index in [2.05, 4.69) is 31.0 Å². The summed E-state index contributed by atoms with van der Waals surface area (Å²) in [6.45, 7) is 2.90. The summed E-state index contributed by atoms with van der Waals surface area (Å²) in [5.74, 6) is -3.25. The zero-order valence-corrected chi connectivity index (χ0v) is 22.5. The molecule has 5 N–H and O–H groups in total. The monoisotopic (exact) mass is 585 g/mol. The summed E-state index contributed by atoms with van der Waals surface area (Å²) >= 11 is 3.34. The van der Waals surface area contributed by atoms with Crippen LogP contribution in [0.2, 0.25) is 0 Å². The number of tetrazole rings is 1. The first-order valence-electron chi connectivity index (χ1n) is 11.0. The number of fused-ring (bicyclic) bond motifs is 1. The molecule has 0 spiro atoms. The molecule has 0 radical (unpaired) electrons. The summed E-state index contributed by atoms with van der Waals surface area (Å²) in [5, 5.41) is 37.8. The molecule has 2 aromatic rings.